The van der Waals surface area contributed by atoms with Gasteiger partial charge in [-0.2, -0.15) is 0 Å². The molecular weight excluding hydrogens is 316 g/mol. The molecule has 6 heteroatoms. The van der Waals surface area contributed by atoms with Crippen molar-refractivity contribution < 1.29 is 14.3 Å². The van der Waals surface area contributed by atoms with E-state index in [2.05, 4.69) is 10.6 Å². The Hall–Kier alpha value is -2.53. The van der Waals surface area contributed by atoms with Crippen LogP contribution in [0.1, 0.15) is 12.0 Å². The van der Waals surface area contributed by atoms with Gasteiger partial charge in [-0.1, -0.05) is 23.7 Å². The van der Waals surface area contributed by atoms with Gasteiger partial charge in [0.1, 0.15) is 12.2 Å². The molecule has 2 amide bonds. The zero-order valence-electron chi connectivity index (χ0n) is 12.6. The molecule has 0 heterocycles. The lowest BCUT2D eigenvalue weighted by Gasteiger charge is -2.07. The normalized spacial score (nSPS) is 10.0. The van der Waals surface area contributed by atoms with Crippen molar-refractivity contribution in [1.82, 2.24) is 5.32 Å². The van der Waals surface area contributed by atoms with Crippen molar-refractivity contribution in [3.8, 4) is 5.75 Å². The van der Waals surface area contributed by atoms with Crippen LogP contribution in [0, 0.1) is 0 Å². The van der Waals surface area contributed by atoms with Gasteiger partial charge < -0.3 is 15.4 Å². The minimum Gasteiger partial charge on any atom is -0.497 e. The number of anilines is 1. The number of rotatable bonds is 6. The van der Waals surface area contributed by atoms with Gasteiger partial charge in [-0.3, -0.25) is 9.59 Å². The van der Waals surface area contributed by atoms with Crippen LogP contribution in [0.15, 0.2) is 48.5 Å². The highest BCUT2D eigenvalue weighted by molar-refractivity contribution is 6.30. The maximum absolute atomic E-state index is 11.8. The summed E-state index contributed by atoms with van der Waals surface area (Å²) in [5.41, 5.74) is 1.53. The third kappa shape index (κ3) is 5.64. The fourth-order valence-electron chi connectivity index (χ4n) is 1.89. The summed E-state index contributed by atoms with van der Waals surface area (Å²) in [5.74, 6) is 0.0363. The number of carbonyl (C=O) groups is 2. The molecule has 0 aromatic heterocycles. The van der Waals surface area contributed by atoms with Crippen LogP contribution in [0.2, 0.25) is 5.02 Å². The molecule has 0 aliphatic carbocycles. The van der Waals surface area contributed by atoms with E-state index < -0.39 is 0 Å². The Morgan fingerprint density at radius 3 is 2.26 bits per heavy atom. The second kappa shape index (κ2) is 8.19. The fraction of sp³-hybridized carbons (Fsp3) is 0.176. The van der Waals surface area contributed by atoms with Crippen molar-refractivity contribution in [2.45, 2.75) is 13.0 Å². The zero-order chi connectivity index (χ0) is 16.7. The highest BCUT2D eigenvalue weighted by Gasteiger charge is 2.09. The summed E-state index contributed by atoms with van der Waals surface area (Å²) in [7, 11) is 1.59. The Morgan fingerprint density at radius 1 is 1.00 bits per heavy atom. The zero-order valence-corrected chi connectivity index (χ0v) is 13.4. The van der Waals surface area contributed by atoms with E-state index >= 15 is 0 Å². The number of nitrogens with one attached hydrogen (secondary N) is 2. The minimum absolute atomic E-state index is 0.237. The van der Waals surface area contributed by atoms with Crippen LogP contribution < -0.4 is 15.4 Å². The predicted octanol–water partition coefficient (Wildman–Crippen LogP) is 2.99. The van der Waals surface area contributed by atoms with E-state index in [4.69, 9.17) is 16.3 Å². The number of ether oxygens (including phenoxy) is 1. The molecule has 2 aromatic carbocycles. The van der Waals surface area contributed by atoms with E-state index in [9.17, 15) is 9.59 Å². The molecule has 0 aliphatic rings. The van der Waals surface area contributed by atoms with Gasteiger partial charge in [0.15, 0.2) is 0 Å². The molecule has 0 spiro atoms. The standard InChI is InChI=1S/C17H17ClN2O3/c1-23-15-8-2-12(3-9-15)11-19-16(21)10-17(22)20-14-6-4-13(18)5-7-14/h2-9H,10-11H2,1H3,(H,19,21)(H,20,22). The molecule has 2 rings (SSSR count). The Balaban J connectivity index is 1.77. The first-order chi connectivity index (χ1) is 11.1. The summed E-state index contributed by atoms with van der Waals surface area (Å²) >= 11 is 5.77. The van der Waals surface area contributed by atoms with E-state index in [1.807, 2.05) is 24.3 Å². The molecule has 0 atom stereocenters. The average Bonchev–Trinajstić information content (AvgIpc) is 2.55. The van der Waals surface area contributed by atoms with Gasteiger partial charge in [-0.15, -0.1) is 0 Å². The molecule has 0 saturated heterocycles. The Bertz CT molecular complexity index is 669. The van der Waals surface area contributed by atoms with Crippen LogP contribution in [-0.2, 0) is 16.1 Å². The third-order valence-corrected chi connectivity index (χ3v) is 3.35. The summed E-state index contributed by atoms with van der Waals surface area (Å²) < 4.78 is 5.06. The van der Waals surface area contributed by atoms with Crippen LogP contribution in [0.4, 0.5) is 5.69 Å². The van der Waals surface area contributed by atoms with E-state index in [0.29, 0.717) is 17.3 Å². The fourth-order valence-corrected chi connectivity index (χ4v) is 2.02. The monoisotopic (exact) mass is 332 g/mol. The molecule has 0 bridgehead atoms. The summed E-state index contributed by atoms with van der Waals surface area (Å²) in [4.78, 5) is 23.6. The molecule has 0 radical (unpaired) electrons. The van der Waals surface area contributed by atoms with Crippen LogP contribution in [0.3, 0.4) is 0 Å². The number of methoxy groups -OCH3 is 1. The first-order valence-electron chi connectivity index (χ1n) is 7.02. The predicted molar refractivity (Wildman–Crippen MR) is 89.5 cm³/mol. The van der Waals surface area contributed by atoms with Crippen molar-refractivity contribution in [3.63, 3.8) is 0 Å². The van der Waals surface area contributed by atoms with Crippen LogP contribution in [0.25, 0.3) is 0 Å². The molecule has 2 aromatic rings. The highest BCUT2D eigenvalue weighted by Crippen LogP contribution is 2.13. The van der Waals surface area contributed by atoms with Crippen LogP contribution >= 0.6 is 11.6 Å². The number of benzene rings is 2. The highest BCUT2D eigenvalue weighted by atomic mass is 35.5. The first kappa shape index (κ1) is 16.8. The van der Waals surface area contributed by atoms with E-state index in [1.54, 1.807) is 31.4 Å². The van der Waals surface area contributed by atoms with Gasteiger partial charge in [0.2, 0.25) is 11.8 Å². The minimum atomic E-state index is -0.375. The number of amides is 2. The molecule has 0 saturated carbocycles. The molecule has 0 unspecified atom stereocenters. The number of hydrogen-bond acceptors (Lipinski definition) is 3. The second-order valence-corrected chi connectivity index (χ2v) is 5.29. The van der Waals surface area contributed by atoms with Gasteiger partial charge >= 0.3 is 0 Å². The lowest BCUT2D eigenvalue weighted by atomic mass is 10.2. The summed E-state index contributed by atoms with van der Waals surface area (Å²) in [6.07, 6.45) is -0.237. The summed E-state index contributed by atoms with van der Waals surface area (Å²) in [6.45, 7) is 0.358. The van der Waals surface area contributed by atoms with Crippen molar-refractivity contribution in [1.29, 1.82) is 0 Å². The van der Waals surface area contributed by atoms with Crippen LogP contribution in [-0.4, -0.2) is 18.9 Å². The van der Waals surface area contributed by atoms with Crippen molar-refractivity contribution in [3.05, 3.63) is 59.1 Å². The first-order valence-corrected chi connectivity index (χ1v) is 7.39. The number of hydrogen-bond donors (Lipinski definition) is 2. The molecule has 120 valence electrons. The van der Waals surface area contributed by atoms with E-state index in [0.717, 1.165) is 11.3 Å². The van der Waals surface area contributed by atoms with Gasteiger partial charge in [-0.05, 0) is 42.0 Å². The molecule has 5 nitrogen and oxygen atoms in total. The molecule has 23 heavy (non-hydrogen) atoms. The quantitative estimate of drug-likeness (QED) is 0.799. The third-order valence-electron chi connectivity index (χ3n) is 3.10. The van der Waals surface area contributed by atoms with Crippen molar-refractivity contribution in [2.24, 2.45) is 0 Å². The summed E-state index contributed by atoms with van der Waals surface area (Å²) in [5, 5.41) is 5.92. The van der Waals surface area contributed by atoms with E-state index in [-0.39, 0.29) is 18.2 Å². The van der Waals surface area contributed by atoms with Gasteiger partial charge in [0.05, 0.1) is 7.11 Å². The second-order valence-electron chi connectivity index (χ2n) is 4.86. The van der Waals surface area contributed by atoms with Crippen molar-refractivity contribution >= 4 is 29.1 Å². The topological polar surface area (TPSA) is 67.4 Å². The van der Waals surface area contributed by atoms with Gasteiger partial charge in [0, 0.05) is 17.3 Å². The molecule has 0 fully saturated rings. The average molecular weight is 333 g/mol. The SMILES string of the molecule is COc1ccc(CNC(=O)CC(=O)Nc2ccc(Cl)cc2)cc1. The smallest absolute Gasteiger partial charge is 0.233 e. The van der Waals surface area contributed by atoms with E-state index in [1.165, 1.54) is 0 Å². The largest absolute Gasteiger partial charge is 0.497 e. The summed E-state index contributed by atoms with van der Waals surface area (Å²) in [6, 6.07) is 14.0. The maximum atomic E-state index is 11.8. The molecule has 2 N–H and O–H groups in total. The van der Waals surface area contributed by atoms with Gasteiger partial charge in [0.25, 0.3) is 0 Å². The van der Waals surface area contributed by atoms with Crippen LogP contribution in [0.5, 0.6) is 5.75 Å². The number of halogens is 1. The lowest BCUT2D eigenvalue weighted by Crippen LogP contribution is -2.27. The molecule has 0 aliphatic heterocycles. The Labute approximate surface area is 139 Å². The van der Waals surface area contributed by atoms with Gasteiger partial charge in [-0.25, -0.2) is 0 Å². The molecular formula is C17H17ClN2O3. The van der Waals surface area contributed by atoms with Crippen molar-refractivity contribution in [2.75, 3.05) is 12.4 Å². The number of carbonyl (C=O) groups excluding carboxylic acids is 2. The Kier molecular flexibility index (Phi) is 6.00. The maximum Gasteiger partial charge on any atom is 0.233 e. The Morgan fingerprint density at radius 2 is 1.65 bits per heavy atom. The lowest BCUT2D eigenvalue weighted by molar-refractivity contribution is -0.126.